The highest BCUT2D eigenvalue weighted by molar-refractivity contribution is 7.14. The number of thiazole rings is 1. The van der Waals surface area contributed by atoms with Crippen LogP contribution in [0.3, 0.4) is 0 Å². The molecule has 144 valence electrons. The Morgan fingerprint density at radius 1 is 0.862 bits per heavy atom. The van der Waals surface area contributed by atoms with Crippen molar-refractivity contribution in [2.75, 3.05) is 10.6 Å². The Hall–Kier alpha value is -3.44. The van der Waals surface area contributed by atoms with Crippen LogP contribution in [0.25, 0.3) is 11.3 Å². The predicted octanol–water partition coefficient (Wildman–Crippen LogP) is 6.35. The Morgan fingerprint density at radius 2 is 1.55 bits per heavy atom. The molecule has 1 heterocycles. The van der Waals surface area contributed by atoms with Crippen LogP contribution in [0.5, 0.6) is 0 Å². The summed E-state index contributed by atoms with van der Waals surface area (Å²) in [6, 6.07) is 26.2. The second-order valence-electron chi connectivity index (χ2n) is 6.84. The number of anilines is 2. The summed E-state index contributed by atoms with van der Waals surface area (Å²) in [7, 11) is 0. The van der Waals surface area contributed by atoms with Crippen molar-refractivity contribution in [3.05, 3.63) is 101 Å². The van der Waals surface area contributed by atoms with Crippen molar-refractivity contribution in [3.8, 4) is 11.3 Å². The minimum Gasteiger partial charge on any atom is -0.308 e. The minimum atomic E-state index is -0.298. The third kappa shape index (κ3) is 5.09. The van der Waals surface area contributed by atoms with Crippen molar-refractivity contribution in [2.45, 2.75) is 13.3 Å². The first-order valence-electron chi connectivity index (χ1n) is 9.39. The van der Waals surface area contributed by atoms with E-state index < -0.39 is 0 Å². The van der Waals surface area contributed by atoms with Crippen molar-refractivity contribution in [1.82, 2.24) is 4.98 Å². The normalized spacial score (nSPS) is 10.5. The van der Waals surface area contributed by atoms with E-state index in [1.165, 1.54) is 22.5 Å². The van der Waals surface area contributed by atoms with E-state index in [9.17, 15) is 4.79 Å². The van der Waals surface area contributed by atoms with Crippen molar-refractivity contribution in [3.63, 3.8) is 0 Å². The van der Waals surface area contributed by atoms with Gasteiger partial charge in [0, 0.05) is 16.6 Å². The molecule has 0 bridgehead atoms. The van der Waals surface area contributed by atoms with Crippen LogP contribution >= 0.6 is 11.3 Å². The number of carbonyl (C=O) groups is 1. The van der Waals surface area contributed by atoms with E-state index in [-0.39, 0.29) is 6.03 Å². The molecule has 0 fully saturated rings. The summed E-state index contributed by atoms with van der Waals surface area (Å²) in [5, 5.41) is 8.13. The molecule has 4 rings (SSSR count). The van der Waals surface area contributed by atoms with E-state index in [4.69, 9.17) is 0 Å². The molecule has 0 saturated carbocycles. The molecule has 3 aromatic carbocycles. The zero-order chi connectivity index (χ0) is 20.1. The molecule has 0 radical (unpaired) electrons. The SMILES string of the molecule is Cc1ccc(NC(=O)Nc2nc(-c3ccc(Cc4ccccc4)cc3)cs2)cc1. The van der Waals surface area contributed by atoms with Crippen LogP contribution in [-0.2, 0) is 6.42 Å². The lowest BCUT2D eigenvalue weighted by atomic mass is 10.0. The average Bonchev–Trinajstić information content (AvgIpc) is 3.19. The monoisotopic (exact) mass is 399 g/mol. The molecule has 0 atom stereocenters. The van der Waals surface area contributed by atoms with Gasteiger partial charge in [0.05, 0.1) is 5.69 Å². The fraction of sp³-hybridized carbons (Fsp3) is 0.0833. The molecule has 0 aliphatic heterocycles. The number of nitrogens with zero attached hydrogens (tertiary/aromatic N) is 1. The Morgan fingerprint density at radius 3 is 2.28 bits per heavy atom. The molecule has 2 amide bonds. The lowest BCUT2D eigenvalue weighted by Gasteiger charge is -2.05. The number of benzene rings is 3. The summed E-state index contributed by atoms with van der Waals surface area (Å²) in [5.41, 5.74) is 6.33. The Balaban J connectivity index is 1.38. The molecule has 0 spiro atoms. The van der Waals surface area contributed by atoms with Crippen LogP contribution in [0.15, 0.2) is 84.2 Å². The highest BCUT2D eigenvalue weighted by Crippen LogP contribution is 2.26. The third-order valence-corrected chi connectivity index (χ3v) is 5.29. The number of aryl methyl sites for hydroxylation is 1. The molecular weight excluding hydrogens is 378 g/mol. The van der Waals surface area contributed by atoms with Crippen LogP contribution in [0.4, 0.5) is 15.6 Å². The Labute approximate surface area is 174 Å². The number of hydrogen-bond donors (Lipinski definition) is 2. The molecular formula is C24H21N3OS. The number of rotatable bonds is 5. The summed E-state index contributed by atoms with van der Waals surface area (Å²) in [6.07, 6.45) is 0.907. The maximum atomic E-state index is 12.2. The topological polar surface area (TPSA) is 54.0 Å². The van der Waals surface area contributed by atoms with Gasteiger partial charge < -0.3 is 5.32 Å². The van der Waals surface area contributed by atoms with Crippen molar-refractivity contribution in [1.29, 1.82) is 0 Å². The first-order chi connectivity index (χ1) is 14.2. The summed E-state index contributed by atoms with van der Waals surface area (Å²) in [4.78, 5) is 16.7. The molecule has 0 saturated heterocycles. The summed E-state index contributed by atoms with van der Waals surface area (Å²) in [5.74, 6) is 0. The maximum Gasteiger partial charge on any atom is 0.325 e. The highest BCUT2D eigenvalue weighted by Gasteiger charge is 2.08. The van der Waals surface area contributed by atoms with Gasteiger partial charge in [0.1, 0.15) is 0 Å². The Kier molecular flexibility index (Phi) is 5.68. The number of nitrogens with one attached hydrogen (secondary N) is 2. The molecule has 0 aliphatic carbocycles. The quantitative estimate of drug-likeness (QED) is 0.411. The first kappa shape index (κ1) is 18.9. The number of hydrogen-bond acceptors (Lipinski definition) is 3. The van der Waals surface area contributed by atoms with Gasteiger partial charge in [-0.15, -0.1) is 11.3 Å². The van der Waals surface area contributed by atoms with Crippen molar-refractivity contribution < 1.29 is 4.79 Å². The highest BCUT2D eigenvalue weighted by atomic mass is 32.1. The molecule has 29 heavy (non-hydrogen) atoms. The average molecular weight is 400 g/mol. The van der Waals surface area contributed by atoms with Crippen LogP contribution in [0.2, 0.25) is 0 Å². The fourth-order valence-electron chi connectivity index (χ4n) is 2.99. The number of urea groups is 1. The van der Waals surface area contributed by atoms with E-state index in [0.29, 0.717) is 5.13 Å². The van der Waals surface area contributed by atoms with Crippen molar-refractivity contribution >= 4 is 28.2 Å². The van der Waals surface area contributed by atoms with Gasteiger partial charge in [-0.2, -0.15) is 0 Å². The van der Waals surface area contributed by atoms with E-state index in [2.05, 4.69) is 64.1 Å². The van der Waals surface area contributed by atoms with E-state index in [1.54, 1.807) is 0 Å². The number of carbonyl (C=O) groups excluding carboxylic acids is 1. The van der Waals surface area contributed by atoms with Gasteiger partial charge in [0.25, 0.3) is 0 Å². The Bertz CT molecular complexity index is 1090. The fourth-order valence-corrected chi connectivity index (χ4v) is 3.70. The van der Waals surface area contributed by atoms with Gasteiger partial charge in [-0.1, -0.05) is 72.3 Å². The molecule has 4 aromatic rings. The summed E-state index contributed by atoms with van der Waals surface area (Å²) < 4.78 is 0. The maximum absolute atomic E-state index is 12.2. The van der Waals surface area contributed by atoms with Gasteiger partial charge in [-0.25, -0.2) is 9.78 Å². The number of amides is 2. The lowest BCUT2D eigenvalue weighted by Crippen LogP contribution is -2.19. The van der Waals surface area contributed by atoms with E-state index in [1.807, 2.05) is 42.6 Å². The number of aromatic nitrogens is 1. The molecule has 5 heteroatoms. The van der Waals surface area contributed by atoms with Crippen LogP contribution < -0.4 is 10.6 Å². The molecule has 2 N–H and O–H groups in total. The van der Waals surface area contributed by atoms with Gasteiger partial charge in [-0.3, -0.25) is 5.32 Å². The zero-order valence-electron chi connectivity index (χ0n) is 16.1. The molecule has 4 nitrogen and oxygen atoms in total. The van der Waals surface area contributed by atoms with Gasteiger partial charge >= 0.3 is 6.03 Å². The second kappa shape index (κ2) is 8.71. The lowest BCUT2D eigenvalue weighted by molar-refractivity contribution is 0.262. The zero-order valence-corrected chi connectivity index (χ0v) is 16.9. The summed E-state index contributed by atoms with van der Waals surface area (Å²) in [6.45, 7) is 2.01. The molecule has 1 aromatic heterocycles. The molecule has 0 aliphatic rings. The van der Waals surface area contributed by atoms with E-state index >= 15 is 0 Å². The van der Waals surface area contributed by atoms with Gasteiger partial charge in [0.15, 0.2) is 5.13 Å². The van der Waals surface area contributed by atoms with Crippen LogP contribution in [0, 0.1) is 6.92 Å². The minimum absolute atomic E-state index is 0.298. The standard InChI is InChI=1S/C24H21N3OS/c1-17-7-13-21(14-8-17)25-23(28)27-24-26-22(16-29-24)20-11-9-19(10-12-20)15-18-5-3-2-4-6-18/h2-14,16H,15H2,1H3,(H2,25,26,27,28). The predicted molar refractivity (Wildman–Crippen MR) is 121 cm³/mol. The van der Waals surface area contributed by atoms with Crippen molar-refractivity contribution in [2.24, 2.45) is 0 Å². The first-order valence-corrected chi connectivity index (χ1v) is 10.3. The van der Waals surface area contributed by atoms with E-state index in [0.717, 1.165) is 28.9 Å². The third-order valence-electron chi connectivity index (χ3n) is 4.53. The van der Waals surface area contributed by atoms with Gasteiger partial charge in [0.2, 0.25) is 0 Å². The largest absolute Gasteiger partial charge is 0.325 e. The smallest absolute Gasteiger partial charge is 0.308 e. The summed E-state index contributed by atoms with van der Waals surface area (Å²) >= 11 is 1.41. The van der Waals surface area contributed by atoms with Gasteiger partial charge in [-0.05, 0) is 36.6 Å². The second-order valence-corrected chi connectivity index (χ2v) is 7.70. The van der Waals surface area contributed by atoms with Crippen LogP contribution in [-0.4, -0.2) is 11.0 Å². The molecule has 0 unspecified atom stereocenters. The van der Waals surface area contributed by atoms with Crippen LogP contribution in [0.1, 0.15) is 16.7 Å².